The third-order valence-corrected chi connectivity index (χ3v) is 19.3. The van der Waals surface area contributed by atoms with E-state index in [1.165, 1.54) is 0 Å². The van der Waals surface area contributed by atoms with Crippen LogP contribution in [0, 0.1) is 0 Å². The fourth-order valence-electron chi connectivity index (χ4n) is 8.01. The number of nitrogens with one attached hydrogen (secondary N) is 1. The van der Waals surface area contributed by atoms with Crippen LogP contribution in [0.3, 0.4) is 0 Å². The number of hydrogen-bond donors (Lipinski definition) is 10. The van der Waals surface area contributed by atoms with E-state index < -0.39 is 174 Å². The summed E-state index contributed by atoms with van der Waals surface area (Å²) >= 11 is 0. The van der Waals surface area contributed by atoms with Crippen molar-refractivity contribution in [1.82, 2.24) is 0 Å². The van der Waals surface area contributed by atoms with E-state index in [0.29, 0.717) is 41.1 Å². The van der Waals surface area contributed by atoms with E-state index >= 15 is 0 Å². The molecule has 0 aliphatic heterocycles. The molecule has 8 rings (SSSR count). The van der Waals surface area contributed by atoms with Crippen molar-refractivity contribution < 1.29 is 96.7 Å². The Morgan fingerprint density at radius 1 is 0.404 bits per heavy atom. The summed E-state index contributed by atoms with van der Waals surface area (Å²) < 4.78 is 225. The maximum Gasteiger partial charge on any atom is 0.296 e. The zero-order valence-corrected chi connectivity index (χ0v) is 49.6. The Morgan fingerprint density at radius 2 is 0.719 bits per heavy atom. The molecular weight excluding hydrogens is 1320 g/mol. The van der Waals surface area contributed by atoms with Gasteiger partial charge in [-0.05, 0) is 126 Å². The largest absolute Gasteiger partial charge is 0.505 e. The Hall–Kier alpha value is -9.72. The molecule has 0 atom stereocenters. The van der Waals surface area contributed by atoms with Crippen LogP contribution in [-0.4, -0.2) is 97.8 Å². The molecule has 40 heteroatoms. The number of fused-ring (bicyclic) bond motifs is 2. The summed E-state index contributed by atoms with van der Waals surface area (Å²) in [4.78, 5) is 7.41. The first-order valence-electron chi connectivity index (χ1n) is 23.5. The number of amides is 1. The number of rotatable bonds is 19. The minimum Gasteiger partial charge on any atom is -0.505 e. The van der Waals surface area contributed by atoms with Gasteiger partial charge in [-0.15, -0.1) is 25.6 Å². The minimum atomic E-state index is -5.53. The number of phenolic OH excluding ortho intramolecular Hbond substituents is 2. The van der Waals surface area contributed by atoms with Crippen LogP contribution < -0.4 is 16.8 Å². The summed E-state index contributed by atoms with van der Waals surface area (Å²) in [6.07, 6.45) is 0. The predicted molar refractivity (Wildman–Crippen MR) is 314 cm³/mol. The van der Waals surface area contributed by atoms with E-state index in [4.69, 9.17) is 11.5 Å². The lowest BCUT2D eigenvalue weighted by atomic mass is 10.1. The fourth-order valence-corrected chi connectivity index (χ4v) is 12.7. The zero-order chi connectivity index (χ0) is 65.7. The van der Waals surface area contributed by atoms with E-state index in [-0.39, 0.29) is 38.1 Å². The van der Waals surface area contributed by atoms with Crippen molar-refractivity contribution in [2.24, 2.45) is 40.9 Å². The summed E-state index contributed by atoms with van der Waals surface area (Å²) in [5.74, 6) is -3.42. The molecular formula is C49H37N11O22S7. The van der Waals surface area contributed by atoms with E-state index in [9.17, 15) is 96.7 Å². The van der Waals surface area contributed by atoms with Crippen LogP contribution >= 0.6 is 0 Å². The third kappa shape index (κ3) is 13.9. The minimum absolute atomic E-state index is 0.0747. The smallest absolute Gasteiger partial charge is 0.296 e. The number of carbonyl (C=O) groups excluding carboxylic acids is 1. The quantitative estimate of drug-likeness (QED) is 0.0204. The second-order valence-electron chi connectivity index (χ2n) is 17.9. The topological polar surface area (TPSA) is 561 Å². The van der Waals surface area contributed by atoms with Gasteiger partial charge in [0.15, 0.2) is 31.2 Å². The second kappa shape index (κ2) is 23.8. The Labute approximate surface area is 502 Å². The number of nitrogen functional groups attached to an aromatic ring is 2. The number of anilines is 3. The summed E-state index contributed by atoms with van der Waals surface area (Å²) in [5.41, 5.74) is 5.26. The van der Waals surface area contributed by atoms with Crippen LogP contribution in [-0.2, 0) is 70.3 Å². The number of benzene rings is 8. The highest BCUT2D eigenvalue weighted by molar-refractivity contribution is 7.94. The first-order valence-corrected chi connectivity index (χ1v) is 33.8. The molecule has 0 spiro atoms. The molecule has 462 valence electrons. The van der Waals surface area contributed by atoms with E-state index in [2.05, 4.69) is 59.4 Å². The van der Waals surface area contributed by atoms with Crippen LogP contribution in [0.2, 0.25) is 0 Å². The molecule has 33 nitrogen and oxygen atoms in total. The normalized spacial score (nSPS) is 13.1. The number of nitrogens with two attached hydrogens (primary N) is 2. The maximum atomic E-state index is 13.5. The SMILES string of the molecule is C=CS(=O)(=O)c1ccc(N=Nc2c(S(=O)(=O)O)cc3cc(S(=O)(=O)O)c(N=Nc4ccc(C(=O)Nc5ccc(S(=O)(=O)O)c(N=Nc6c(S(=O)(=O)O)cc7cc(S(=O)(=O)O)c(N=Nc8ccc(S(=O)(=O)C=C)cc8)c(N)c7c6O)c5)cc4)c(O)c3c2N)cc1. The van der Waals surface area contributed by atoms with Gasteiger partial charge in [0.1, 0.15) is 52.9 Å². The van der Waals surface area contributed by atoms with Gasteiger partial charge in [-0.1, -0.05) is 13.2 Å². The number of nitrogens with zero attached hydrogens (tertiary/aromatic N) is 8. The molecule has 0 bridgehead atoms. The lowest BCUT2D eigenvalue weighted by Gasteiger charge is -2.14. The monoisotopic (exact) mass is 1360 g/mol. The van der Waals surface area contributed by atoms with Crippen molar-refractivity contribution in [2.75, 3.05) is 16.8 Å². The molecule has 0 aromatic heterocycles. The number of aromatic hydroxyl groups is 2. The van der Waals surface area contributed by atoms with Crippen molar-refractivity contribution in [2.45, 2.75) is 34.3 Å². The van der Waals surface area contributed by atoms with Gasteiger partial charge in [0.05, 0.1) is 49.0 Å². The van der Waals surface area contributed by atoms with Gasteiger partial charge in [0.2, 0.25) is 0 Å². The highest BCUT2D eigenvalue weighted by Gasteiger charge is 2.31. The van der Waals surface area contributed by atoms with Crippen LogP contribution in [0.1, 0.15) is 10.4 Å². The third-order valence-electron chi connectivity index (χ3n) is 12.2. The number of carbonyl (C=O) groups is 1. The molecule has 12 N–H and O–H groups in total. The lowest BCUT2D eigenvalue weighted by Crippen LogP contribution is -2.11. The van der Waals surface area contributed by atoms with Crippen molar-refractivity contribution in [3.63, 3.8) is 0 Å². The second-order valence-corrected chi connectivity index (χ2v) is 28.6. The molecule has 8 aromatic carbocycles. The molecule has 1 amide bonds. The molecule has 0 fully saturated rings. The number of hydrogen-bond acceptors (Lipinski definition) is 27. The number of phenols is 2. The Kier molecular flexibility index (Phi) is 17.4. The van der Waals surface area contributed by atoms with Gasteiger partial charge in [0, 0.05) is 22.1 Å². The molecule has 0 saturated carbocycles. The Balaban J connectivity index is 1.12. The van der Waals surface area contributed by atoms with Crippen molar-refractivity contribution in [3.05, 3.63) is 145 Å². The van der Waals surface area contributed by atoms with Crippen LogP contribution in [0.15, 0.2) is 214 Å². The van der Waals surface area contributed by atoms with Gasteiger partial charge in [-0.2, -0.15) is 57.4 Å². The van der Waals surface area contributed by atoms with E-state index in [1.54, 1.807) is 0 Å². The molecule has 0 unspecified atom stereocenters. The highest BCUT2D eigenvalue weighted by atomic mass is 32.2. The lowest BCUT2D eigenvalue weighted by molar-refractivity contribution is 0.102. The van der Waals surface area contributed by atoms with Gasteiger partial charge in [-0.3, -0.25) is 27.6 Å². The number of sulfone groups is 2. The van der Waals surface area contributed by atoms with Crippen LogP contribution in [0.25, 0.3) is 21.5 Å². The average Bonchev–Trinajstić information content (AvgIpc) is 0.977. The zero-order valence-electron chi connectivity index (χ0n) is 43.9. The molecule has 0 aliphatic rings. The van der Waals surface area contributed by atoms with Gasteiger partial charge >= 0.3 is 0 Å². The van der Waals surface area contributed by atoms with Crippen molar-refractivity contribution >= 4 is 160 Å². The summed E-state index contributed by atoms with van der Waals surface area (Å²) in [5, 5.41) is 54.5. The Bertz CT molecular complexity index is 5360. The van der Waals surface area contributed by atoms with Gasteiger partial charge < -0.3 is 27.0 Å². The molecule has 89 heavy (non-hydrogen) atoms. The Morgan fingerprint density at radius 3 is 1.06 bits per heavy atom. The fraction of sp³-hybridized carbons (Fsp3) is 0. The first kappa shape index (κ1) is 65.3. The average molecular weight is 1360 g/mol. The summed E-state index contributed by atoms with van der Waals surface area (Å²) in [7, 11) is -34.5. The first-order chi connectivity index (χ1) is 41.2. The summed E-state index contributed by atoms with van der Waals surface area (Å²) in [6, 6.07) is 18.2. The van der Waals surface area contributed by atoms with Crippen LogP contribution in [0.4, 0.5) is 62.6 Å². The summed E-state index contributed by atoms with van der Waals surface area (Å²) in [6.45, 7) is 6.43. The van der Waals surface area contributed by atoms with Crippen LogP contribution in [0.5, 0.6) is 11.5 Å². The predicted octanol–water partition coefficient (Wildman–Crippen LogP) is 9.55. The van der Waals surface area contributed by atoms with Crippen molar-refractivity contribution in [1.29, 1.82) is 0 Å². The molecule has 0 heterocycles. The van der Waals surface area contributed by atoms with Crippen molar-refractivity contribution in [3.8, 4) is 11.5 Å². The van der Waals surface area contributed by atoms with Gasteiger partial charge in [-0.25, -0.2) is 16.8 Å². The molecule has 0 aliphatic carbocycles. The molecule has 0 radical (unpaired) electrons. The molecule has 0 saturated heterocycles. The standard InChI is InChI=1S/C49H37N11O22S7/c1-3-83(64,65)31-14-9-28(10-15-31)53-57-43-35(86(71,72)73)19-25-21-37(88(77,78)79)45(47(61)39(25)41(43)50)59-55-27-7-5-24(6-8-27)49(63)52-30-13-18-34(85(68,69)70)33(23-30)56-60-46-38(89(80,81)82)22-26-20-36(87(74,75)76)44(42(51)40(26)48(46)62)58-54-29-11-16-32(17-12-29)84(66,67)4-2/h3-23,61-62H,1-2,50-51H2,(H,52,63)(H,68,69,70)(H,71,72,73)(H,74,75,76)(H,77,78,79)(H,80,81,82). The highest BCUT2D eigenvalue weighted by Crippen LogP contribution is 2.50. The maximum absolute atomic E-state index is 13.5. The van der Waals surface area contributed by atoms with Gasteiger partial charge in [0.25, 0.3) is 56.5 Å². The van der Waals surface area contributed by atoms with E-state index in [1.807, 2.05) is 0 Å². The number of azo groups is 4. The van der Waals surface area contributed by atoms with E-state index in [0.717, 1.165) is 84.9 Å². The molecule has 8 aromatic rings.